The molecule has 7 nitrogen and oxygen atoms in total. The lowest BCUT2D eigenvalue weighted by molar-refractivity contribution is -0.138. The third-order valence-electron chi connectivity index (χ3n) is 5.08. The van der Waals surface area contributed by atoms with E-state index in [9.17, 15) is 14.4 Å². The Balaban J connectivity index is 0.00000420. The maximum Gasteiger partial charge on any atom is 0.251 e. The summed E-state index contributed by atoms with van der Waals surface area (Å²) in [5.41, 5.74) is 7.04. The van der Waals surface area contributed by atoms with Crippen LogP contribution < -0.4 is 16.4 Å². The molecule has 1 aliphatic heterocycles. The van der Waals surface area contributed by atoms with Gasteiger partial charge in [0.25, 0.3) is 5.91 Å². The molecule has 0 bridgehead atoms. The molecule has 0 aromatic heterocycles. The molecule has 4 N–H and O–H groups in total. The number of nitrogens with two attached hydrogens (primary N) is 1. The Kier molecular flexibility index (Phi) is 10.1. The van der Waals surface area contributed by atoms with Crippen molar-refractivity contribution in [1.82, 2.24) is 15.5 Å². The average molecular weight is 425 g/mol. The van der Waals surface area contributed by atoms with Crippen LogP contribution in [-0.2, 0) is 9.59 Å². The quantitative estimate of drug-likeness (QED) is 0.616. The first kappa shape index (κ1) is 24.9. The van der Waals surface area contributed by atoms with Gasteiger partial charge in [-0.1, -0.05) is 31.5 Å². The van der Waals surface area contributed by atoms with Gasteiger partial charge in [-0.25, -0.2) is 0 Å². The summed E-state index contributed by atoms with van der Waals surface area (Å²) in [6, 6.07) is 6.63. The highest BCUT2D eigenvalue weighted by atomic mass is 35.5. The molecule has 29 heavy (non-hydrogen) atoms. The smallest absolute Gasteiger partial charge is 0.251 e. The summed E-state index contributed by atoms with van der Waals surface area (Å²) in [5, 5.41) is 5.68. The van der Waals surface area contributed by atoms with Gasteiger partial charge in [-0.05, 0) is 37.8 Å². The van der Waals surface area contributed by atoms with E-state index in [1.165, 1.54) is 0 Å². The fourth-order valence-corrected chi connectivity index (χ4v) is 3.37. The molecule has 2 rings (SSSR count). The van der Waals surface area contributed by atoms with Crippen LogP contribution in [0.5, 0.6) is 0 Å². The minimum atomic E-state index is -0.625. The first-order valence-electron chi connectivity index (χ1n) is 9.97. The molecule has 0 radical (unpaired) electrons. The van der Waals surface area contributed by atoms with Crippen LogP contribution in [0.1, 0.15) is 42.6 Å². The van der Waals surface area contributed by atoms with Crippen LogP contribution in [0.2, 0.25) is 0 Å². The second-order valence-corrected chi connectivity index (χ2v) is 7.76. The molecule has 3 amide bonds. The molecular formula is C21H33ClN4O3. The fourth-order valence-electron chi connectivity index (χ4n) is 3.37. The predicted octanol–water partition coefficient (Wildman–Crippen LogP) is 1.48. The summed E-state index contributed by atoms with van der Waals surface area (Å²) in [6.45, 7) is 7.58. The van der Waals surface area contributed by atoms with E-state index in [1.54, 1.807) is 17.0 Å². The van der Waals surface area contributed by atoms with Gasteiger partial charge < -0.3 is 21.3 Å². The lowest BCUT2D eigenvalue weighted by Gasteiger charge is -2.35. The first-order chi connectivity index (χ1) is 13.3. The van der Waals surface area contributed by atoms with Crippen molar-refractivity contribution in [3.63, 3.8) is 0 Å². The predicted molar refractivity (Wildman–Crippen MR) is 116 cm³/mol. The van der Waals surface area contributed by atoms with Gasteiger partial charge in [-0.15, -0.1) is 12.4 Å². The second-order valence-electron chi connectivity index (χ2n) is 7.76. The number of carbonyl (C=O) groups excluding carboxylic acids is 3. The summed E-state index contributed by atoms with van der Waals surface area (Å²) < 4.78 is 0. The van der Waals surface area contributed by atoms with Crippen LogP contribution in [0.3, 0.4) is 0 Å². The summed E-state index contributed by atoms with van der Waals surface area (Å²) in [7, 11) is 0. The number of nitrogens with zero attached hydrogens (tertiary/aromatic N) is 1. The molecule has 1 aliphatic rings. The molecule has 0 saturated carbocycles. The Morgan fingerprint density at radius 3 is 2.45 bits per heavy atom. The number of piperidine rings is 1. The van der Waals surface area contributed by atoms with Gasteiger partial charge in [0.1, 0.15) is 6.04 Å². The molecule has 1 saturated heterocycles. The van der Waals surface area contributed by atoms with E-state index < -0.39 is 6.04 Å². The van der Waals surface area contributed by atoms with Crippen molar-refractivity contribution in [3.8, 4) is 0 Å². The Labute approximate surface area is 179 Å². The van der Waals surface area contributed by atoms with Crippen LogP contribution in [0, 0.1) is 18.8 Å². The normalized spacial score (nSPS) is 17.3. The standard InChI is InChI=1S/C21H32N4O3.ClH/c1-14(2)18(24-20(27)16-8-6-15(3)7-9-16)21(28)25-12-4-5-17(13-25)19(26)23-11-10-22;/h6-9,14,17-18H,4-5,10-13,22H2,1-3H3,(H,23,26)(H,24,27);1H. The number of benzene rings is 1. The number of hydrogen-bond donors (Lipinski definition) is 3. The topological polar surface area (TPSA) is 105 Å². The average Bonchev–Trinajstić information content (AvgIpc) is 2.69. The summed E-state index contributed by atoms with van der Waals surface area (Å²) in [4.78, 5) is 39.6. The summed E-state index contributed by atoms with van der Waals surface area (Å²) in [6.07, 6.45) is 1.52. The molecule has 1 aromatic carbocycles. The Morgan fingerprint density at radius 1 is 1.21 bits per heavy atom. The van der Waals surface area contributed by atoms with Gasteiger partial charge >= 0.3 is 0 Å². The van der Waals surface area contributed by atoms with Crippen LogP contribution in [-0.4, -0.2) is 54.8 Å². The van der Waals surface area contributed by atoms with E-state index in [2.05, 4.69) is 10.6 Å². The van der Waals surface area contributed by atoms with Gasteiger partial charge in [0.2, 0.25) is 11.8 Å². The zero-order chi connectivity index (χ0) is 20.7. The highest BCUT2D eigenvalue weighted by Crippen LogP contribution is 2.19. The van der Waals surface area contributed by atoms with E-state index in [0.29, 0.717) is 31.7 Å². The van der Waals surface area contributed by atoms with E-state index in [1.807, 2.05) is 32.9 Å². The van der Waals surface area contributed by atoms with E-state index in [-0.39, 0.29) is 42.0 Å². The second kappa shape index (κ2) is 11.8. The van der Waals surface area contributed by atoms with Gasteiger partial charge in [0.15, 0.2) is 0 Å². The van der Waals surface area contributed by atoms with Crippen LogP contribution in [0.25, 0.3) is 0 Å². The van der Waals surface area contributed by atoms with Crippen molar-refractivity contribution in [1.29, 1.82) is 0 Å². The summed E-state index contributed by atoms with van der Waals surface area (Å²) in [5.74, 6) is -0.751. The lowest BCUT2D eigenvalue weighted by atomic mass is 9.94. The molecular weight excluding hydrogens is 392 g/mol. The molecule has 8 heteroatoms. The van der Waals surface area contributed by atoms with Crippen molar-refractivity contribution in [2.75, 3.05) is 26.2 Å². The Bertz CT molecular complexity index is 694. The number of carbonyl (C=O) groups is 3. The minimum Gasteiger partial charge on any atom is -0.355 e. The monoisotopic (exact) mass is 424 g/mol. The maximum absolute atomic E-state index is 13.1. The SMILES string of the molecule is Cc1ccc(C(=O)NC(C(=O)N2CCCC(C(=O)NCCN)C2)C(C)C)cc1.Cl. The molecule has 0 spiro atoms. The van der Waals surface area contributed by atoms with Crippen molar-refractivity contribution in [3.05, 3.63) is 35.4 Å². The van der Waals surface area contributed by atoms with Crippen LogP contribution in [0.4, 0.5) is 0 Å². The number of amides is 3. The number of rotatable bonds is 7. The van der Waals surface area contributed by atoms with E-state index in [4.69, 9.17) is 5.73 Å². The van der Waals surface area contributed by atoms with Gasteiger partial charge in [0.05, 0.1) is 5.92 Å². The first-order valence-corrected chi connectivity index (χ1v) is 9.97. The highest BCUT2D eigenvalue weighted by Gasteiger charge is 2.33. The molecule has 1 fully saturated rings. The Hall–Kier alpha value is -2.12. The fraction of sp³-hybridized carbons (Fsp3) is 0.571. The van der Waals surface area contributed by atoms with Crippen molar-refractivity contribution in [2.24, 2.45) is 17.6 Å². The molecule has 2 atom stereocenters. The number of halogens is 1. The molecule has 1 heterocycles. The zero-order valence-electron chi connectivity index (χ0n) is 17.4. The third-order valence-corrected chi connectivity index (χ3v) is 5.08. The van der Waals surface area contributed by atoms with Gasteiger partial charge in [-0.3, -0.25) is 14.4 Å². The lowest BCUT2D eigenvalue weighted by Crippen LogP contribution is -2.54. The molecule has 1 aromatic rings. The Morgan fingerprint density at radius 2 is 1.86 bits per heavy atom. The largest absolute Gasteiger partial charge is 0.355 e. The van der Waals surface area contributed by atoms with Crippen molar-refractivity contribution in [2.45, 2.75) is 39.7 Å². The third kappa shape index (κ3) is 7.01. The number of likely N-dealkylation sites (tertiary alicyclic amines) is 1. The van der Waals surface area contributed by atoms with Crippen molar-refractivity contribution < 1.29 is 14.4 Å². The zero-order valence-corrected chi connectivity index (χ0v) is 18.3. The van der Waals surface area contributed by atoms with Crippen LogP contribution in [0.15, 0.2) is 24.3 Å². The molecule has 0 aliphatic carbocycles. The van der Waals surface area contributed by atoms with Gasteiger partial charge in [-0.2, -0.15) is 0 Å². The number of hydrogen-bond acceptors (Lipinski definition) is 4. The molecule has 2 unspecified atom stereocenters. The maximum atomic E-state index is 13.1. The number of nitrogens with one attached hydrogen (secondary N) is 2. The van der Waals surface area contributed by atoms with E-state index in [0.717, 1.165) is 18.4 Å². The van der Waals surface area contributed by atoms with Crippen LogP contribution >= 0.6 is 12.4 Å². The number of aryl methyl sites for hydroxylation is 1. The van der Waals surface area contributed by atoms with E-state index >= 15 is 0 Å². The summed E-state index contributed by atoms with van der Waals surface area (Å²) >= 11 is 0. The highest BCUT2D eigenvalue weighted by molar-refractivity contribution is 5.97. The van der Waals surface area contributed by atoms with Gasteiger partial charge in [0, 0.05) is 31.7 Å². The van der Waals surface area contributed by atoms with Crippen molar-refractivity contribution >= 4 is 30.1 Å². The minimum absolute atomic E-state index is 0. The molecule has 162 valence electrons.